The van der Waals surface area contributed by atoms with Crippen LogP contribution in [0.15, 0.2) is 60.0 Å². The lowest BCUT2D eigenvalue weighted by Gasteiger charge is -2.09. The van der Waals surface area contributed by atoms with E-state index in [1.807, 2.05) is 18.2 Å². The largest absolute Gasteiger partial charge is 0.488 e. The van der Waals surface area contributed by atoms with Crippen LogP contribution in [-0.2, 0) is 11.4 Å². The molecule has 0 unspecified atom stereocenters. The first kappa shape index (κ1) is 19.6. The van der Waals surface area contributed by atoms with Crippen molar-refractivity contribution in [2.45, 2.75) is 6.61 Å². The highest BCUT2D eigenvalue weighted by Crippen LogP contribution is 2.33. The molecule has 4 nitrogen and oxygen atoms in total. The van der Waals surface area contributed by atoms with Crippen LogP contribution < -0.4 is 4.74 Å². The van der Waals surface area contributed by atoms with Gasteiger partial charge in [-0.05, 0) is 75.8 Å². The van der Waals surface area contributed by atoms with Gasteiger partial charge in [0.2, 0.25) is 0 Å². The molecule has 138 valence electrons. The molecule has 2 aromatic rings. The third kappa shape index (κ3) is 4.78. The Balaban J connectivity index is 1.71. The maximum absolute atomic E-state index is 12.9. The number of amides is 2. The minimum atomic E-state index is -0.309. The lowest BCUT2D eigenvalue weighted by molar-refractivity contribution is -0.122. The monoisotopic (exact) mass is 495 g/mol. The van der Waals surface area contributed by atoms with Crippen molar-refractivity contribution >= 4 is 51.6 Å². The number of rotatable bonds is 6. The zero-order chi connectivity index (χ0) is 19.4. The average molecular weight is 495 g/mol. The van der Waals surface area contributed by atoms with Crippen LogP contribution in [0.5, 0.6) is 5.75 Å². The Bertz CT molecular complexity index is 927. The van der Waals surface area contributed by atoms with Gasteiger partial charge in [0, 0.05) is 6.54 Å². The molecule has 1 aliphatic rings. The van der Waals surface area contributed by atoms with Crippen LogP contribution in [0.3, 0.4) is 0 Å². The molecule has 1 saturated heterocycles. The second kappa shape index (κ2) is 8.71. The third-order valence-electron chi connectivity index (χ3n) is 3.75. The van der Waals surface area contributed by atoms with E-state index in [1.165, 1.54) is 18.2 Å². The predicted molar refractivity (Wildman–Crippen MR) is 113 cm³/mol. The number of hydrogen-bond acceptors (Lipinski definition) is 4. The second-order valence-electron chi connectivity index (χ2n) is 5.69. The normalized spacial score (nSPS) is 15.5. The predicted octanol–water partition coefficient (Wildman–Crippen LogP) is 5.23. The second-order valence-corrected chi connectivity index (χ2v) is 7.84. The van der Waals surface area contributed by atoms with Crippen molar-refractivity contribution in [3.8, 4) is 5.75 Å². The molecule has 1 aliphatic heterocycles. The van der Waals surface area contributed by atoms with E-state index in [0.717, 1.165) is 31.4 Å². The Morgan fingerprint density at radius 1 is 1.19 bits per heavy atom. The Morgan fingerprint density at radius 2 is 1.93 bits per heavy atom. The van der Waals surface area contributed by atoms with Crippen LogP contribution in [0.25, 0.3) is 6.08 Å². The number of benzene rings is 2. The van der Waals surface area contributed by atoms with Crippen molar-refractivity contribution in [2.75, 3.05) is 6.54 Å². The fraction of sp³-hybridized carbons (Fsp3) is 0.100. The Morgan fingerprint density at radius 3 is 2.59 bits per heavy atom. The van der Waals surface area contributed by atoms with Gasteiger partial charge in [-0.3, -0.25) is 14.5 Å². The number of ether oxygens (including phenoxy) is 1. The summed E-state index contributed by atoms with van der Waals surface area (Å²) < 4.78 is 19.6. The lowest BCUT2D eigenvalue weighted by atomic mass is 10.2. The lowest BCUT2D eigenvalue weighted by Crippen LogP contribution is -2.27. The molecule has 0 aromatic heterocycles. The van der Waals surface area contributed by atoms with E-state index in [1.54, 1.807) is 18.2 Å². The summed E-state index contributed by atoms with van der Waals surface area (Å²) in [7, 11) is 0. The standard InChI is InChI=1S/C20H15FINO3S/c1-2-9-23-19(24)18(27-20(23)25)11-14-5-8-17(16(22)10-14)26-12-13-3-6-15(21)7-4-13/h2-8,10-11H,1,9,12H2/b18-11+. The van der Waals surface area contributed by atoms with Gasteiger partial charge in [-0.2, -0.15) is 0 Å². The molecule has 0 saturated carbocycles. The van der Waals surface area contributed by atoms with Crippen molar-refractivity contribution in [3.63, 3.8) is 0 Å². The number of hydrogen-bond donors (Lipinski definition) is 0. The molecular formula is C20H15FINO3S. The van der Waals surface area contributed by atoms with Gasteiger partial charge < -0.3 is 4.74 Å². The van der Waals surface area contributed by atoms with Gasteiger partial charge in [0.1, 0.15) is 18.2 Å². The highest BCUT2D eigenvalue weighted by atomic mass is 127. The zero-order valence-corrected chi connectivity index (χ0v) is 17.1. The van der Waals surface area contributed by atoms with Crippen molar-refractivity contribution in [3.05, 3.63) is 80.5 Å². The van der Waals surface area contributed by atoms with Gasteiger partial charge >= 0.3 is 0 Å². The van der Waals surface area contributed by atoms with E-state index in [4.69, 9.17) is 4.74 Å². The molecule has 3 rings (SSSR count). The maximum Gasteiger partial charge on any atom is 0.293 e. The molecule has 7 heteroatoms. The first-order chi connectivity index (χ1) is 13.0. The summed E-state index contributed by atoms with van der Waals surface area (Å²) in [5, 5.41) is -0.292. The summed E-state index contributed by atoms with van der Waals surface area (Å²) in [5.41, 5.74) is 1.67. The molecule has 0 atom stereocenters. The van der Waals surface area contributed by atoms with Crippen LogP contribution >= 0.6 is 34.4 Å². The number of thioether (sulfide) groups is 1. The topological polar surface area (TPSA) is 46.6 Å². The number of nitrogens with zero attached hydrogens (tertiary/aromatic N) is 1. The van der Waals surface area contributed by atoms with Crippen LogP contribution in [0.2, 0.25) is 0 Å². The first-order valence-electron chi connectivity index (χ1n) is 8.01. The Kier molecular flexibility index (Phi) is 6.33. The van der Waals surface area contributed by atoms with E-state index in [-0.39, 0.29) is 23.5 Å². The van der Waals surface area contributed by atoms with Crippen molar-refractivity contribution in [2.24, 2.45) is 0 Å². The third-order valence-corrected chi connectivity index (χ3v) is 5.50. The van der Waals surface area contributed by atoms with Crippen molar-refractivity contribution in [1.29, 1.82) is 0 Å². The van der Waals surface area contributed by atoms with E-state index in [0.29, 0.717) is 17.3 Å². The molecule has 0 N–H and O–H groups in total. The van der Waals surface area contributed by atoms with Crippen molar-refractivity contribution < 1.29 is 18.7 Å². The van der Waals surface area contributed by atoms with E-state index < -0.39 is 0 Å². The van der Waals surface area contributed by atoms with E-state index in [9.17, 15) is 14.0 Å². The number of imide groups is 1. The van der Waals surface area contributed by atoms with Crippen LogP contribution in [0, 0.1) is 9.39 Å². The smallest absolute Gasteiger partial charge is 0.293 e. The molecular weight excluding hydrogens is 480 g/mol. The van der Waals surface area contributed by atoms with Crippen LogP contribution in [-0.4, -0.2) is 22.6 Å². The van der Waals surface area contributed by atoms with E-state index in [2.05, 4.69) is 29.2 Å². The summed E-state index contributed by atoms with van der Waals surface area (Å²) in [4.78, 5) is 25.7. The summed E-state index contributed by atoms with van der Waals surface area (Å²) in [6, 6.07) is 11.7. The van der Waals surface area contributed by atoms with E-state index >= 15 is 0 Å². The summed E-state index contributed by atoms with van der Waals surface area (Å²) in [5.74, 6) is 0.101. The summed E-state index contributed by atoms with van der Waals surface area (Å²) >= 11 is 3.07. The van der Waals surface area contributed by atoms with Gasteiger partial charge in [-0.25, -0.2) is 4.39 Å². The average Bonchev–Trinajstić information content (AvgIpc) is 2.90. The van der Waals surface area contributed by atoms with Gasteiger partial charge in [0.15, 0.2) is 0 Å². The van der Waals surface area contributed by atoms with Crippen molar-refractivity contribution in [1.82, 2.24) is 4.90 Å². The summed E-state index contributed by atoms with van der Waals surface area (Å²) in [6.07, 6.45) is 3.22. The number of carbonyl (C=O) groups excluding carboxylic acids is 2. The van der Waals surface area contributed by atoms with Gasteiger partial charge in [-0.15, -0.1) is 6.58 Å². The first-order valence-corrected chi connectivity index (χ1v) is 9.90. The zero-order valence-electron chi connectivity index (χ0n) is 14.2. The highest BCUT2D eigenvalue weighted by molar-refractivity contribution is 14.1. The SMILES string of the molecule is C=CCN1C(=O)S/C(=C/c2ccc(OCc3ccc(F)cc3)c(I)c2)C1=O. The summed E-state index contributed by atoms with van der Waals surface area (Å²) in [6.45, 7) is 4.09. The van der Waals surface area contributed by atoms with Gasteiger partial charge in [-0.1, -0.05) is 24.3 Å². The molecule has 0 spiro atoms. The Labute approximate surface area is 174 Å². The molecule has 0 aliphatic carbocycles. The minimum Gasteiger partial charge on any atom is -0.488 e. The number of halogens is 2. The number of carbonyl (C=O) groups is 2. The molecule has 27 heavy (non-hydrogen) atoms. The molecule has 1 heterocycles. The minimum absolute atomic E-state index is 0.204. The fourth-order valence-electron chi connectivity index (χ4n) is 2.40. The molecule has 2 amide bonds. The molecule has 1 fully saturated rings. The molecule has 0 radical (unpaired) electrons. The highest BCUT2D eigenvalue weighted by Gasteiger charge is 2.34. The fourth-order valence-corrected chi connectivity index (χ4v) is 3.95. The van der Waals surface area contributed by atoms with Crippen LogP contribution in [0.1, 0.15) is 11.1 Å². The quantitative estimate of drug-likeness (QED) is 0.313. The molecule has 0 bridgehead atoms. The van der Waals surface area contributed by atoms with Gasteiger partial charge in [0.25, 0.3) is 11.1 Å². The van der Waals surface area contributed by atoms with Crippen LogP contribution in [0.4, 0.5) is 9.18 Å². The maximum atomic E-state index is 12.9. The van der Waals surface area contributed by atoms with Gasteiger partial charge in [0.05, 0.1) is 8.48 Å². The Hall–Kier alpha value is -2.13. The molecule has 2 aromatic carbocycles.